The lowest BCUT2D eigenvalue weighted by molar-refractivity contribution is 0.460. The first kappa shape index (κ1) is 11.2. The van der Waals surface area contributed by atoms with E-state index in [0.29, 0.717) is 0 Å². The molecule has 1 N–H and O–H groups in total. The Balaban J connectivity index is 1.95. The second-order valence-corrected chi connectivity index (χ2v) is 4.17. The number of benzene rings is 1. The fraction of sp³-hybridized carbons (Fsp3) is 0.231. The van der Waals surface area contributed by atoms with Gasteiger partial charge in [0.1, 0.15) is 5.76 Å². The zero-order chi connectivity index (χ0) is 11.4. The van der Waals surface area contributed by atoms with Gasteiger partial charge in [0.05, 0.1) is 12.8 Å². The number of hydrogen-bond acceptors (Lipinski definition) is 2. The fourth-order valence-corrected chi connectivity index (χ4v) is 1.76. The predicted octanol–water partition coefficient (Wildman–Crippen LogP) is 3.78. The molecule has 0 aliphatic carbocycles. The molecule has 0 aliphatic rings. The molecule has 2 aromatic rings. The van der Waals surface area contributed by atoms with Gasteiger partial charge >= 0.3 is 0 Å². The summed E-state index contributed by atoms with van der Waals surface area (Å²) in [5, 5.41) is 4.14. The minimum atomic E-state index is 0.254. The van der Waals surface area contributed by atoms with E-state index in [1.165, 1.54) is 5.56 Å². The highest BCUT2D eigenvalue weighted by Gasteiger charge is 2.05. The summed E-state index contributed by atoms with van der Waals surface area (Å²) in [6, 6.07) is 12.0. The van der Waals surface area contributed by atoms with Crippen LogP contribution in [0.5, 0.6) is 0 Å². The molecule has 1 atom stereocenters. The normalized spacial score (nSPS) is 12.6. The maximum Gasteiger partial charge on any atom is 0.117 e. The van der Waals surface area contributed by atoms with E-state index in [9.17, 15) is 0 Å². The molecular weight excluding hydrogens is 222 g/mol. The molecule has 1 aromatic carbocycles. The Bertz CT molecular complexity index is 439. The van der Waals surface area contributed by atoms with E-state index in [-0.39, 0.29) is 6.04 Å². The van der Waals surface area contributed by atoms with Crippen molar-refractivity contribution in [3.63, 3.8) is 0 Å². The van der Waals surface area contributed by atoms with Gasteiger partial charge in [0.2, 0.25) is 0 Å². The summed E-state index contributed by atoms with van der Waals surface area (Å²) in [6.45, 7) is 2.83. The average Bonchev–Trinajstić information content (AvgIpc) is 2.78. The van der Waals surface area contributed by atoms with Crippen LogP contribution in [0.1, 0.15) is 24.3 Å². The van der Waals surface area contributed by atoms with Gasteiger partial charge in [-0.25, -0.2) is 0 Å². The lowest BCUT2D eigenvalue weighted by Gasteiger charge is -2.13. The SMILES string of the molecule is CC(NCc1ccco1)c1cccc(Cl)c1. The van der Waals surface area contributed by atoms with Crippen molar-refractivity contribution in [1.82, 2.24) is 5.32 Å². The molecule has 1 unspecified atom stereocenters. The van der Waals surface area contributed by atoms with Crippen LogP contribution in [0, 0.1) is 0 Å². The lowest BCUT2D eigenvalue weighted by atomic mass is 10.1. The molecule has 2 nitrogen and oxygen atoms in total. The highest BCUT2D eigenvalue weighted by Crippen LogP contribution is 2.17. The van der Waals surface area contributed by atoms with Crippen LogP contribution in [-0.2, 0) is 6.54 Å². The Kier molecular flexibility index (Phi) is 3.65. The fourth-order valence-electron chi connectivity index (χ4n) is 1.56. The molecule has 0 amide bonds. The first-order valence-electron chi connectivity index (χ1n) is 5.27. The standard InChI is InChI=1S/C13H14ClNO/c1-10(11-4-2-5-12(14)8-11)15-9-13-6-3-7-16-13/h2-8,10,15H,9H2,1H3. The van der Waals surface area contributed by atoms with Crippen molar-refractivity contribution in [3.05, 3.63) is 59.0 Å². The van der Waals surface area contributed by atoms with Gasteiger partial charge in [0.25, 0.3) is 0 Å². The van der Waals surface area contributed by atoms with Crippen LogP contribution in [0.2, 0.25) is 5.02 Å². The highest BCUT2D eigenvalue weighted by molar-refractivity contribution is 6.30. The van der Waals surface area contributed by atoms with Crippen molar-refractivity contribution in [2.24, 2.45) is 0 Å². The van der Waals surface area contributed by atoms with Gasteiger partial charge in [-0.3, -0.25) is 0 Å². The van der Waals surface area contributed by atoms with Crippen LogP contribution in [-0.4, -0.2) is 0 Å². The predicted molar refractivity (Wildman–Crippen MR) is 65.4 cm³/mol. The van der Waals surface area contributed by atoms with E-state index < -0.39 is 0 Å². The maximum absolute atomic E-state index is 5.94. The largest absolute Gasteiger partial charge is 0.468 e. The van der Waals surface area contributed by atoms with Gasteiger partial charge in [-0.2, -0.15) is 0 Å². The Morgan fingerprint density at radius 2 is 2.19 bits per heavy atom. The number of halogens is 1. The highest BCUT2D eigenvalue weighted by atomic mass is 35.5. The Morgan fingerprint density at radius 3 is 2.88 bits per heavy atom. The molecule has 2 rings (SSSR count). The molecule has 0 bridgehead atoms. The second kappa shape index (κ2) is 5.19. The lowest BCUT2D eigenvalue weighted by Crippen LogP contribution is -2.17. The van der Waals surface area contributed by atoms with E-state index in [1.807, 2.05) is 30.3 Å². The minimum Gasteiger partial charge on any atom is -0.468 e. The third-order valence-electron chi connectivity index (χ3n) is 2.51. The van der Waals surface area contributed by atoms with E-state index in [2.05, 4.69) is 18.3 Å². The molecule has 1 heterocycles. The van der Waals surface area contributed by atoms with Crippen LogP contribution >= 0.6 is 11.6 Å². The van der Waals surface area contributed by atoms with Gasteiger partial charge in [-0.15, -0.1) is 0 Å². The monoisotopic (exact) mass is 235 g/mol. The second-order valence-electron chi connectivity index (χ2n) is 3.74. The quantitative estimate of drug-likeness (QED) is 0.873. The first-order chi connectivity index (χ1) is 7.75. The Hall–Kier alpha value is -1.25. The van der Waals surface area contributed by atoms with Crippen molar-refractivity contribution in [2.75, 3.05) is 0 Å². The zero-order valence-electron chi connectivity index (χ0n) is 9.11. The molecule has 84 valence electrons. The molecular formula is C13H14ClNO. The molecule has 0 saturated carbocycles. The molecule has 1 aromatic heterocycles. The summed E-state index contributed by atoms with van der Waals surface area (Å²) in [7, 11) is 0. The summed E-state index contributed by atoms with van der Waals surface area (Å²) < 4.78 is 5.25. The summed E-state index contributed by atoms with van der Waals surface area (Å²) >= 11 is 5.94. The van der Waals surface area contributed by atoms with Gasteiger partial charge in [0, 0.05) is 11.1 Å². The Labute approximate surface area is 100 Å². The van der Waals surface area contributed by atoms with Crippen molar-refractivity contribution < 1.29 is 4.42 Å². The van der Waals surface area contributed by atoms with Gasteiger partial charge in [-0.05, 0) is 36.8 Å². The number of rotatable bonds is 4. The van der Waals surface area contributed by atoms with Crippen LogP contribution in [0.15, 0.2) is 47.1 Å². The third kappa shape index (κ3) is 2.87. The van der Waals surface area contributed by atoms with Crippen molar-refractivity contribution in [2.45, 2.75) is 19.5 Å². The molecule has 0 saturated heterocycles. The van der Waals surface area contributed by atoms with E-state index in [1.54, 1.807) is 6.26 Å². The first-order valence-corrected chi connectivity index (χ1v) is 5.65. The number of furan rings is 1. The Morgan fingerprint density at radius 1 is 1.31 bits per heavy atom. The summed E-state index contributed by atoms with van der Waals surface area (Å²) in [5.74, 6) is 0.939. The molecule has 0 fully saturated rings. The van der Waals surface area contributed by atoms with Crippen molar-refractivity contribution in [1.29, 1.82) is 0 Å². The van der Waals surface area contributed by atoms with Gasteiger partial charge < -0.3 is 9.73 Å². The van der Waals surface area contributed by atoms with Crippen LogP contribution in [0.4, 0.5) is 0 Å². The van der Waals surface area contributed by atoms with E-state index >= 15 is 0 Å². The van der Waals surface area contributed by atoms with Crippen LogP contribution < -0.4 is 5.32 Å². The minimum absolute atomic E-state index is 0.254. The molecule has 16 heavy (non-hydrogen) atoms. The van der Waals surface area contributed by atoms with E-state index in [4.69, 9.17) is 16.0 Å². The van der Waals surface area contributed by atoms with Crippen LogP contribution in [0.3, 0.4) is 0 Å². The van der Waals surface area contributed by atoms with Gasteiger partial charge in [-0.1, -0.05) is 23.7 Å². The summed E-state index contributed by atoms with van der Waals surface area (Å²) in [4.78, 5) is 0. The van der Waals surface area contributed by atoms with Crippen LogP contribution in [0.25, 0.3) is 0 Å². The summed E-state index contributed by atoms with van der Waals surface area (Å²) in [5.41, 5.74) is 1.18. The topological polar surface area (TPSA) is 25.2 Å². The summed E-state index contributed by atoms with van der Waals surface area (Å²) in [6.07, 6.45) is 1.68. The molecule has 0 spiro atoms. The zero-order valence-corrected chi connectivity index (χ0v) is 9.87. The number of nitrogens with one attached hydrogen (secondary N) is 1. The maximum atomic E-state index is 5.94. The smallest absolute Gasteiger partial charge is 0.117 e. The molecule has 0 aliphatic heterocycles. The molecule has 0 radical (unpaired) electrons. The third-order valence-corrected chi connectivity index (χ3v) is 2.75. The van der Waals surface area contributed by atoms with E-state index in [0.717, 1.165) is 17.3 Å². The van der Waals surface area contributed by atoms with Crippen molar-refractivity contribution >= 4 is 11.6 Å². The molecule has 3 heteroatoms. The number of hydrogen-bond donors (Lipinski definition) is 1. The van der Waals surface area contributed by atoms with Crippen molar-refractivity contribution in [3.8, 4) is 0 Å². The average molecular weight is 236 g/mol. The van der Waals surface area contributed by atoms with Gasteiger partial charge in [0.15, 0.2) is 0 Å².